The van der Waals surface area contributed by atoms with Crippen molar-refractivity contribution in [2.75, 3.05) is 0 Å². The molecule has 3 aromatic rings. The molecule has 1 aromatic carbocycles. The first-order chi connectivity index (χ1) is 10.1. The predicted octanol–water partition coefficient (Wildman–Crippen LogP) is 3.65. The van der Waals surface area contributed by atoms with E-state index in [0.717, 1.165) is 33.9 Å². The van der Waals surface area contributed by atoms with Crippen LogP contribution in [0.3, 0.4) is 0 Å². The highest BCUT2D eigenvalue weighted by atomic mass is 32.1. The summed E-state index contributed by atoms with van der Waals surface area (Å²) in [4.78, 5) is 19.8. The summed E-state index contributed by atoms with van der Waals surface area (Å²) in [5, 5.41) is 12.3. The number of nitro groups is 1. The van der Waals surface area contributed by atoms with Gasteiger partial charge in [-0.25, -0.2) is 9.97 Å². The summed E-state index contributed by atoms with van der Waals surface area (Å²) < 4.78 is 2.62. The van der Waals surface area contributed by atoms with Gasteiger partial charge in [0.15, 0.2) is 0 Å². The summed E-state index contributed by atoms with van der Waals surface area (Å²) >= 11 is 1.46. The van der Waals surface area contributed by atoms with Crippen molar-refractivity contribution in [2.45, 2.75) is 26.7 Å². The first-order valence-corrected chi connectivity index (χ1v) is 7.50. The van der Waals surface area contributed by atoms with Gasteiger partial charge in [0.05, 0.1) is 20.1 Å². The molecule has 0 amide bonds. The molecule has 2 aromatic heterocycles. The molecule has 2 heterocycles. The van der Waals surface area contributed by atoms with Crippen LogP contribution in [0, 0.1) is 17.0 Å². The summed E-state index contributed by atoms with van der Waals surface area (Å²) in [6.07, 6.45) is 5.14. The lowest BCUT2D eigenvalue weighted by Gasteiger charge is -2.08. The van der Waals surface area contributed by atoms with Crippen molar-refractivity contribution in [3.8, 4) is 5.69 Å². The standard InChI is InChI=1S/C14H14N4O2S/c1-3-4-14-15-5-6-17(14)11-7-10-13(21-9(2)16-10)8-12(11)18(19)20/h5-8H,3-4H2,1-2H3. The first kappa shape index (κ1) is 13.7. The van der Waals surface area contributed by atoms with Crippen molar-refractivity contribution < 1.29 is 4.92 Å². The first-order valence-electron chi connectivity index (χ1n) is 6.68. The summed E-state index contributed by atoms with van der Waals surface area (Å²) in [7, 11) is 0. The van der Waals surface area contributed by atoms with E-state index >= 15 is 0 Å². The van der Waals surface area contributed by atoms with Crippen LogP contribution in [0.5, 0.6) is 0 Å². The van der Waals surface area contributed by atoms with Gasteiger partial charge in [-0.15, -0.1) is 11.3 Å². The number of hydrogen-bond donors (Lipinski definition) is 0. The Morgan fingerprint density at radius 3 is 2.95 bits per heavy atom. The van der Waals surface area contributed by atoms with Crippen molar-refractivity contribution in [1.29, 1.82) is 0 Å². The maximum absolute atomic E-state index is 11.4. The molecule has 0 fully saturated rings. The average Bonchev–Trinajstić information content (AvgIpc) is 3.02. The predicted molar refractivity (Wildman–Crippen MR) is 82.1 cm³/mol. The molecule has 0 saturated carbocycles. The molecule has 0 spiro atoms. The molecule has 0 aliphatic rings. The minimum atomic E-state index is -0.348. The van der Waals surface area contributed by atoms with Gasteiger partial charge in [-0.1, -0.05) is 6.92 Å². The molecule has 6 nitrogen and oxygen atoms in total. The van der Waals surface area contributed by atoms with Gasteiger partial charge in [-0.2, -0.15) is 0 Å². The Morgan fingerprint density at radius 2 is 2.24 bits per heavy atom. The molecule has 0 saturated heterocycles. The average molecular weight is 302 g/mol. The van der Waals surface area contributed by atoms with Crippen molar-refractivity contribution in [3.63, 3.8) is 0 Å². The Balaban J connectivity index is 2.26. The molecule has 0 N–H and O–H groups in total. The zero-order valence-electron chi connectivity index (χ0n) is 11.7. The van der Waals surface area contributed by atoms with Crippen molar-refractivity contribution >= 4 is 27.2 Å². The number of nitrogens with zero attached hydrogens (tertiary/aromatic N) is 4. The highest BCUT2D eigenvalue weighted by Gasteiger charge is 2.20. The van der Waals surface area contributed by atoms with E-state index in [2.05, 4.69) is 16.9 Å². The molecule has 0 unspecified atom stereocenters. The monoisotopic (exact) mass is 302 g/mol. The van der Waals surface area contributed by atoms with Crippen molar-refractivity contribution in [2.24, 2.45) is 0 Å². The van der Waals surface area contributed by atoms with Gasteiger partial charge >= 0.3 is 0 Å². The quantitative estimate of drug-likeness (QED) is 0.544. The molecule has 0 radical (unpaired) electrons. The lowest BCUT2D eigenvalue weighted by molar-refractivity contribution is -0.384. The highest BCUT2D eigenvalue weighted by molar-refractivity contribution is 7.18. The lowest BCUT2D eigenvalue weighted by Crippen LogP contribution is -2.04. The summed E-state index contributed by atoms with van der Waals surface area (Å²) in [5.74, 6) is 0.826. The molecule has 21 heavy (non-hydrogen) atoms. The van der Waals surface area contributed by atoms with Gasteiger partial charge in [-0.3, -0.25) is 14.7 Å². The number of hydrogen-bond acceptors (Lipinski definition) is 5. The zero-order chi connectivity index (χ0) is 15.0. The fourth-order valence-electron chi connectivity index (χ4n) is 2.37. The van der Waals surface area contributed by atoms with Gasteiger partial charge in [-0.05, 0) is 19.4 Å². The van der Waals surface area contributed by atoms with Crippen LogP contribution < -0.4 is 0 Å². The molecule has 0 bridgehead atoms. The number of imidazole rings is 1. The number of fused-ring (bicyclic) bond motifs is 1. The van der Waals surface area contributed by atoms with Gasteiger partial charge in [0.25, 0.3) is 5.69 Å². The molecule has 0 atom stereocenters. The van der Waals surface area contributed by atoms with E-state index in [4.69, 9.17) is 0 Å². The summed E-state index contributed by atoms with van der Waals surface area (Å²) in [6.45, 7) is 3.95. The summed E-state index contributed by atoms with van der Waals surface area (Å²) in [6, 6.07) is 3.38. The van der Waals surface area contributed by atoms with Crippen LogP contribution in [0.15, 0.2) is 24.5 Å². The second kappa shape index (κ2) is 5.25. The number of benzene rings is 1. The van der Waals surface area contributed by atoms with E-state index in [0.29, 0.717) is 5.69 Å². The number of thiazole rings is 1. The van der Waals surface area contributed by atoms with E-state index in [-0.39, 0.29) is 10.6 Å². The van der Waals surface area contributed by atoms with Crippen LogP contribution in [0.1, 0.15) is 24.2 Å². The molecule has 7 heteroatoms. The van der Waals surface area contributed by atoms with E-state index in [1.165, 1.54) is 11.3 Å². The van der Waals surface area contributed by atoms with E-state index in [9.17, 15) is 10.1 Å². The normalized spacial score (nSPS) is 11.1. The number of nitro benzene ring substituents is 1. The van der Waals surface area contributed by atoms with Crippen LogP contribution in [-0.4, -0.2) is 19.5 Å². The van der Waals surface area contributed by atoms with Crippen molar-refractivity contribution in [3.05, 3.63) is 45.5 Å². The van der Waals surface area contributed by atoms with Crippen LogP contribution in [0.25, 0.3) is 15.9 Å². The maximum atomic E-state index is 11.4. The van der Waals surface area contributed by atoms with Gasteiger partial charge in [0, 0.05) is 24.9 Å². The Morgan fingerprint density at radius 1 is 1.43 bits per heavy atom. The highest BCUT2D eigenvalue weighted by Crippen LogP contribution is 2.32. The van der Waals surface area contributed by atoms with Crippen LogP contribution >= 0.6 is 11.3 Å². The van der Waals surface area contributed by atoms with Crippen LogP contribution in [0.4, 0.5) is 5.69 Å². The topological polar surface area (TPSA) is 73.8 Å². The molecular formula is C14H14N4O2S. The Bertz CT molecular complexity index is 822. The third kappa shape index (κ3) is 2.40. The minimum absolute atomic E-state index is 0.0847. The second-order valence-electron chi connectivity index (χ2n) is 4.76. The van der Waals surface area contributed by atoms with Crippen molar-refractivity contribution in [1.82, 2.24) is 14.5 Å². The Labute approximate surface area is 125 Å². The lowest BCUT2D eigenvalue weighted by atomic mass is 10.2. The van der Waals surface area contributed by atoms with E-state index in [1.54, 1.807) is 29.1 Å². The second-order valence-corrected chi connectivity index (χ2v) is 6.00. The fraction of sp³-hybridized carbons (Fsp3) is 0.286. The third-order valence-electron chi connectivity index (χ3n) is 3.24. The fourth-order valence-corrected chi connectivity index (χ4v) is 3.21. The minimum Gasteiger partial charge on any atom is -0.298 e. The smallest absolute Gasteiger partial charge is 0.294 e. The molecule has 0 aliphatic heterocycles. The molecular weight excluding hydrogens is 288 g/mol. The van der Waals surface area contributed by atoms with E-state index < -0.39 is 0 Å². The van der Waals surface area contributed by atoms with E-state index in [1.807, 2.05) is 6.92 Å². The number of aryl methyl sites for hydroxylation is 2. The zero-order valence-corrected chi connectivity index (χ0v) is 12.6. The van der Waals surface area contributed by atoms with Gasteiger partial charge < -0.3 is 0 Å². The van der Waals surface area contributed by atoms with Crippen LogP contribution in [0.2, 0.25) is 0 Å². The number of aromatic nitrogens is 3. The van der Waals surface area contributed by atoms with Crippen LogP contribution in [-0.2, 0) is 6.42 Å². The number of rotatable bonds is 4. The van der Waals surface area contributed by atoms with Gasteiger partial charge in [0.2, 0.25) is 0 Å². The largest absolute Gasteiger partial charge is 0.298 e. The Hall–Kier alpha value is -2.28. The van der Waals surface area contributed by atoms with Gasteiger partial charge in [0.1, 0.15) is 11.5 Å². The Kier molecular flexibility index (Phi) is 3.42. The third-order valence-corrected chi connectivity index (χ3v) is 4.17. The molecule has 0 aliphatic carbocycles. The molecule has 3 rings (SSSR count). The molecule has 108 valence electrons. The summed E-state index contributed by atoms with van der Waals surface area (Å²) in [5.41, 5.74) is 1.40. The maximum Gasteiger partial charge on any atom is 0.294 e. The SMILES string of the molecule is CCCc1nccn1-c1cc2nc(C)sc2cc1[N+](=O)[O-].